The van der Waals surface area contributed by atoms with Gasteiger partial charge in [0.25, 0.3) is 0 Å². The molecule has 142 valence electrons. The van der Waals surface area contributed by atoms with Crippen molar-refractivity contribution in [3.05, 3.63) is 71.8 Å². The van der Waals surface area contributed by atoms with Crippen molar-refractivity contribution < 1.29 is 24.7 Å². The van der Waals surface area contributed by atoms with E-state index in [0.717, 1.165) is 11.1 Å². The van der Waals surface area contributed by atoms with Gasteiger partial charge in [0.2, 0.25) is 11.8 Å². The summed E-state index contributed by atoms with van der Waals surface area (Å²) in [4.78, 5) is 35.7. The molecule has 0 saturated carbocycles. The third kappa shape index (κ3) is 6.56. The zero-order valence-electron chi connectivity index (χ0n) is 14.7. The van der Waals surface area contributed by atoms with Crippen LogP contribution in [0.3, 0.4) is 0 Å². The number of aliphatic carboxylic acids is 1. The Balaban J connectivity index is 2.11. The van der Waals surface area contributed by atoms with E-state index in [2.05, 4.69) is 5.32 Å². The second-order valence-electron chi connectivity index (χ2n) is 6.21. The monoisotopic (exact) mass is 370 g/mol. The summed E-state index contributed by atoms with van der Waals surface area (Å²) < 4.78 is 0. The lowest BCUT2D eigenvalue weighted by Gasteiger charge is -2.21. The number of benzene rings is 2. The number of hydrogen-bond donors (Lipinski definition) is 4. The van der Waals surface area contributed by atoms with Crippen molar-refractivity contribution in [3.63, 3.8) is 0 Å². The van der Waals surface area contributed by atoms with Crippen molar-refractivity contribution in [2.75, 3.05) is 0 Å². The molecule has 0 saturated heterocycles. The van der Waals surface area contributed by atoms with Crippen LogP contribution in [-0.2, 0) is 27.2 Å². The van der Waals surface area contributed by atoms with E-state index >= 15 is 0 Å². The second-order valence-corrected chi connectivity index (χ2v) is 6.21. The molecular weight excluding hydrogens is 348 g/mol. The minimum absolute atomic E-state index is 0.0479. The number of amides is 2. The molecule has 2 atom stereocenters. The van der Waals surface area contributed by atoms with Gasteiger partial charge in [-0.15, -0.1) is 0 Å². The highest BCUT2D eigenvalue weighted by Crippen LogP contribution is 2.12. The molecule has 2 aromatic rings. The minimum Gasteiger partial charge on any atom is -0.481 e. The highest BCUT2D eigenvalue weighted by Gasteiger charge is 2.29. The molecule has 2 unspecified atom stereocenters. The predicted octanol–water partition coefficient (Wildman–Crippen LogP) is 1.55. The number of carboxylic acids is 1. The summed E-state index contributed by atoms with van der Waals surface area (Å²) in [5, 5.41) is 20.9. The van der Waals surface area contributed by atoms with E-state index in [-0.39, 0.29) is 12.8 Å². The van der Waals surface area contributed by atoms with Gasteiger partial charge in [0.15, 0.2) is 0 Å². The van der Waals surface area contributed by atoms with Gasteiger partial charge in [-0.05, 0) is 24.0 Å². The number of hydroxylamine groups is 1. The summed E-state index contributed by atoms with van der Waals surface area (Å²) in [6.45, 7) is 0. The Morgan fingerprint density at radius 3 is 1.85 bits per heavy atom. The SMILES string of the molecule is O=C(CC(Cc1ccccc1)NC(=O)C(Cc1ccccc1)C(=O)O)NO. The van der Waals surface area contributed by atoms with Crippen molar-refractivity contribution in [3.8, 4) is 0 Å². The molecule has 27 heavy (non-hydrogen) atoms. The zero-order chi connectivity index (χ0) is 19.6. The lowest BCUT2D eigenvalue weighted by Crippen LogP contribution is -2.45. The highest BCUT2D eigenvalue weighted by atomic mass is 16.5. The van der Waals surface area contributed by atoms with Crippen LogP contribution in [-0.4, -0.2) is 34.1 Å². The molecule has 4 N–H and O–H groups in total. The Hall–Kier alpha value is -3.19. The summed E-state index contributed by atoms with van der Waals surface area (Å²) in [6, 6.07) is 17.4. The standard InChI is InChI=1S/C20H22N2O5/c23-18(22-27)13-16(11-14-7-3-1-4-8-14)21-19(24)17(20(25)26)12-15-9-5-2-6-10-15/h1-10,16-17,27H,11-13H2,(H,21,24)(H,22,23)(H,25,26). The average molecular weight is 370 g/mol. The molecule has 0 aromatic heterocycles. The average Bonchev–Trinajstić information content (AvgIpc) is 2.67. The third-order valence-corrected chi connectivity index (χ3v) is 4.13. The first kappa shape index (κ1) is 20.1. The molecule has 2 rings (SSSR count). The van der Waals surface area contributed by atoms with Crippen LogP contribution in [0.2, 0.25) is 0 Å². The van der Waals surface area contributed by atoms with E-state index < -0.39 is 29.7 Å². The van der Waals surface area contributed by atoms with Crippen LogP contribution < -0.4 is 10.8 Å². The molecule has 2 amide bonds. The summed E-state index contributed by atoms with van der Waals surface area (Å²) in [7, 11) is 0. The van der Waals surface area contributed by atoms with Gasteiger partial charge in [0.1, 0.15) is 5.92 Å². The molecule has 0 aliphatic carbocycles. The number of carboxylic acid groups (broad SMARTS) is 1. The molecule has 7 heteroatoms. The Morgan fingerprint density at radius 2 is 1.37 bits per heavy atom. The molecule has 0 radical (unpaired) electrons. The molecule has 0 aliphatic rings. The topological polar surface area (TPSA) is 116 Å². The Morgan fingerprint density at radius 1 is 0.852 bits per heavy atom. The minimum atomic E-state index is -1.28. The van der Waals surface area contributed by atoms with E-state index in [1.54, 1.807) is 24.3 Å². The van der Waals surface area contributed by atoms with E-state index in [1.807, 2.05) is 36.4 Å². The van der Waals surface area contributed by atoms with Crippen LogP contribution >= 0.6 is 0 Å². The largest absolute Gasteiger partial charge is 0.481 e. The molecule has 0 spiro atoms. The number of nitrogens with one attached hydrogen (secondary N) is 2. The number of rotatable bonds is 9. The fraction of sp³-hybridized carbons (Fsp3) is 0.250. The van der Waals surface area contributed by atoms with Gasteiger partial charge in [-0.1, -0.05) is 60.7 Å². The van der Waals surface area contributed by atoms with Crippen LogP contribution in [0.25, 0.3) is 0 Å². The third-order valence-electron chi connectivity index (χ3n) is 4.13. The fourth-order valence-electron chi connectivity index (χ4n) is 2.79. The lowest BCUT2D eigenvalue weighted by molar-refractivity contribution is -0.147. The van der Waals surface area contributed by atoms with Crippen molar-refractivity contribution in [2.45, 2.75) is 25.3 Å². The first-order valence-corrected chi connectivity index (χ1v) is 8.53. The summed E-state index contributed by atoms with van der Waals surface area (Å²) >= 11 is 0. The van der Waals surface area contributed by atoms with Gasteiger partial charge >= 0.3 is 5.97 Å². The molecule has 7 nitrogen and oxygen atoms in total. The second kappa shape index (κ2) is 10.1. The quantitative estimate of drug-likeness (QED) is 0.304. The molecule has 0 bridgehead atoms. The first-order chi connectivity index (χ1) is 13.0. The predicted molar refractivity (Wildman–Crippen MR) is 97.9 cm³/mol. The molecular formula is C20H22N2O5. The fourth-order valence-corrected chi connectivity index (χ4v) is 2.79. The molecule has 0 heterocycles. The zero-order valence-corrected chi connectivity index (χ0v) is 14.7. The molecule has 0 aliphatic heterocycles. The molecule has 0 fully saturated rings. The van der Waals surface area contributed by atoms with Gasteiger partial charge < -0.3 is 10.4 Å². The van der Waals surface area contributed by atoms with E-state index in [1.165, 1.54) is 5.48 Å². The Bertz CT molecular complexity index is 764. The Labute approximate surface area is 157 Å². The Kier molecular flexibility index (Phi) is 7.51. The summed E-state index contributed by atoms with van der Waals surface area (Å²) in [5.41, 5.74) is 3.15. The summed E-state index contributed by atoms with van der Waals surface area (Å²) in [5.74, 6) is -3.84. The van der Waals surface area contributed by atoms with Gasteiger partial charge in [-0.2, -0.15) is 0 Å². The first-order valence-electron chi connectivity index (χ1n) is 8.53. The van der Waals surface area contributed by atoms with Crippen molar-refractivity contribution in [1.82, 2.24) is 10.8 Å². The summed E-state index contributed by atoms with van der Waals surface area (Å²) in [6.07, 6.45) is 0.207. The van der Waals surface area contributed by atoms with Crippen LogP contribution in [0, 0.1) is 5.92 Å². The van der Waals surface area contributed by atoms with Crippen LogP contribution in [0.15, 0.2) is 60.7 Å². The van der Waals surface area contributed by atoms with Gasteiger partial charge in [0, 0.05) is 12.5 Å². The maximum absolute atomic E-state index is 12.6. The maximum atomic E-state index is 12.6. The van der Waals surface area contributed by atoms with Crippen molar-refractivity contribution >= 4 is 17.8 Å². The van der Waals surface area contributed by atoms with Crippen LogP contribution in [0.1, 0.15) is 17.5 Å². The van der Waals surface area contributed by atoms with Crippen molar-refractivity contribution in [2.24, 2.45) is 5.92 Å². The van der Waals surface area contributed by atoms with Crippen LogP contribution in [0.4, 0.5) is 0 Å². The van der Waals surface area contributed by atoms with Gasteiger partial charge in [0.05, 0.1) is 0 Å². The van der Waals surface area contributed by atoms with Crippen molar-refractivity contribution in [1.29, 1.82) is 0 Å². The normalized spacial score (nSPS) is 12.6. The number of carbonyl (C=O) groups is 3. The van der Waals surface area contributed by atoms with E-state index in [0.29, 0.717) is 6.42 Å². The number of hydrogen-bond acceptors (Lipinski definition) is 4. The van der Waals surface area contributed by atoms with Gasteiger partial charge in [-0.3, -0.25) is 19.6 Å². The lowest BCUT2D eigenvalue weighted by atomic mass is 9.97. The smallest absolute Gasteiger partial charge is 0.316 e. The maximum Gasteiger partial charge on any atom is 0.316 e. The van der Waals surface area contributed by atoms with E-state index in [9.17, 15) is 19.5 Å². The number of carbonyl (C=O) groups excluding carboxylic acids is 2. The molecule has 2 aromatic carbocycles. The van der Waals surface area contributed by atoms with Gasteiger partial charge in [-0.25, -0.2) is 5.48 Å². The highest BCUT2D eigenvalue weighted by molar-refractivity contribution is 5.97. The van der Waals surface area contributed by atoms with Crippen LogP contribution in [0.5, 0.6) is 0 Å². The van der Waals surface area contributed by atoms with E-state index in [4.69, 9.17) is 5.21 Å².